The molecule has 0 amide bonds. The number of allylic oxidation sites excluding steroid dienone is 7. The Hall–Kier alpha value is -2.91. The largest absolute Gasteiger partial charge is 0.378 e. The van der Waals surface area contributed by atoms with Crippen LogP contribution in [0.15, 0.2) is 83.6 Å². The van der Waals surface area contributed by atoms with Gasteiger partial charge in [0.05, 0.1) is 0 Å². The van der Waals surface area contributed by atoms with Gasteiger partial charge in [-0.25, -0.2) is 4.58 Å². The maximum absolute atomic E-state index is 2.69. The van der Waals surface area contributed by atoms with Gasteiger partial charge in [0.1, 0.15) is 22.2 Å². The molecule has 2 aromatic carbocycles. The van der Waals surface area contributed by atoms with Gasteiger partial charge in [0.2, 0.25) is 0 Å². The lowest BCUT2D eigenvalue weighted by molar-refractivity contribution is -0.462. The van der Waals surface area contributed by atoms with Crippen LogP contribution < -0.4 is 10.1 Å². The minimum Gasteiger partial charge on any atom is -0.378 e. The Balaban J connectivity index is 1.71. The zero-order valence-corrected chi connectivity index (χ0v) is 23.0. The van der Waals surface area contributed by atoms with Gasteiger partial charge in [0.25, 0.3) is 0 Å². The number of fused-ring (bicyclic) bond motifs is 4. The fraction of sp³-hybridized carbons (Fsp3) is 0.344. The molecule has 4 aliphatic rings. The van der Waals surface area contributed by atoms with E-state index in [4.69, 9.17) is 0 Å². The molecule has 0 radical (unpaired) electrons. The van der Waals surface area contributed by atoms with Gasteiger partial charge in [-0.15, -0.1) is 0 Å². The van der Waals surface area contributed by atoms with Gasteiger partial charge in [-0.3, -0.25) is 0 Å². The number of aryl methyl sites for hydroxylation is 1. The second kappa shape index (κ2) is 8.06. The van der Waals surface area contributed by atoms with Crippen molar-refractivity contribution in [3.8, 4) is 0 Å². The van der Waals surface area contributed by atoms with Crippen LogP contribution in [0, 0.1) is 18.8 Å². The van der Waals surface area contributed by atoms with E-state index in [9.17, 15) is 0 Å². The van der Waals surface area contributed by atoms with Crippen molar-refractivity contribution in [1.82, 2.24) is 0 Å². The minimum atomic E-state index is -2.07. The molecular formula is C32H37N2Si+. The van der Waals surface area contributed by atoms with Gasteiger partial charge < -0.3 is 4.90 Å². The highest BCUT2D eigenvalue weighted by Gasteiger charge is 2.54. The monoisotopic (exact) mass is 477 g/mol. The summed E-state index contributed by atoms with van der Waals surface area (Å²) in [6, 6.07) is 16.3. The third kappa shape index (κ3) is 3.31. The van der Waals surface area contributed by atoms with E-state index >= 15 is 0 Å². The molecule has 6 rings (SSSR count). The smallest absolute Gasteiger partial charge is 0.199 e. The van der Waals surface area contributed by atoms with Gasteiger partial charge in [-0.05, 0) is 93.6 Å². The number of benzene rings is 2. The molecule has 3 heteroatoms. The average molecular weight is 478 g/mol. The van der Waals surface area contributed by atoms with Crippen molar-refractivity contribution in [2.24, 2.45) is 11.8 Å². The summed E-state index contributed by atoms with van der Waals surface area (Å²) >= 11 is 0. The van der Waals surface area contributed by atoms with E-state index in [-0.39, 0.29) is 0 Å². The molecule has 0 N–H and O–H groups in total. The van der Waals surface area contributed by atoms with E-state index in [1.807, 2.05) is 0 Å². The summed E-state index contributed by atoms with van der Waals surface area (Å²) in [5.74, 6) is 1.50. The Kier molecular flexibility index (Phi) is 5.19. The van der Waals surface area contributed by atoms with Crippen molar-refractivity contribution in [3.05, 3.63) is 100 Å². The minimum absolute atomic E-state index is 0.725. The summed E-state index contributed by atoms with van der Waals surface area (Å²) in [5.41, 5.74) is 10.5. The first kappa shape index (κ1) is 22.5. The van der Waals surface area contributed by atoms with Crippen LogP contribution in [0.5, 0.6) is 0 Å². The van der Waals surface area contributed by atoms with Gasteiger partial charge in [0.15, 0.2) is 5.71 Å². The normalized spacial score (nSPS) is 28.2. The Bertz CT molecular complexity index is 1380. The highest BCUT2D eigenvalue weighted by Crippen LogP contribution is 2.56. The van der Waals surface area contributed by atoms with Crippen LogP contribution in [0.1, 0.15) is 29.5 Å². The highest BCUT2D eigenvalue weighted by molar-refractivity contribution is 7.00. The molecule has 35 heavy (non-hydrogen) atoms. The lowest BCUT2D eigenvalue weighted by atomic mass is 9.87. The zero-order valence-electron chi connectivity index (χ0n) is 22.0. The van der Waals surface area contributed by atoms with Gasteiger partial charge in [-0.1, -0.05) is 49.0 Å². The van der Waals surface area contributed by atoms with E-state index in [1.165, 1.54) is 52.1 Å². The van der Waals surface area contributed by atoms with Gasteiger partial charge >= 0.3 is 0 Å². The Morgan fingerprint density at radius 2 is 1.74 bits per heavy atom. The SMILES string of the molecule is Cc1ccccc1C1=C2C=CC(=[N+](C)C)C=C2[Si](C)([C@H]2CC3C=CC2C3)c2cc(N(C)C)ccc21. The Morgan fingerprint density at radius 1 is 0.943 bits per heavy atom. The Morgan fingerprint density at radius 3 is 2.40 bits per heavy atom. The third-order valence-electron chi connectivity index (χ3n) is 9.13. The number of nitrogens with zero attached hydrogens (tertiary/aromatic N) is 2. The van der Waals surface area contributed by atoms with Crippen LogP contribution in [-0.2, 0) is 0 Å². The predicted molar refractivity (Wildman–Crippen MR) is 153 cm³/mol. The van der Waals surface area contributed by atoms with Crippen molar-refractivity contribution in [1.29, 1.82) is 0 Å². The number of rotatable bonds is 3. The van der Waals surface area contributed by atoms with E-state index in [0.717, 1.165) is 17.4 Å². The standard InChI is InChI=1S/C32H37N2Si/c1-21-9-7-8-10-26(21)32-27-15-13-24(33(2)3)19-30(27)35(6,29-18-22-11-12-23(29)17-22)31-20-25(34(4)5)14-16-28(31)32/h7-16,19-20,22-23,29H,17-18H2,1-6H3/q+1/t22?,23?,29-/m0/s1. The van der Waals surface area contributed by atoms with Crippen molar-refractivity contribution >= 4 is 30.2 Å². The molecule has 2 bridgehead atoms. The van der Waals surface area contributed by atoms with Crippen LogP contribution in [-0.4, -0.2) is 46.6 Å². The average Bonchev–Trinajstić information content (AvgIpc) is 3.49. The lowest BCUT2D eigenvalue weighted by Gasteiger charge is -2.46. The van der Waals surface area contributed by atoms with Gasteiger partial charge in [0, 0.05) is 31.9 Å². The van der Waals surface area contributed by atoms with Gasteiger partial charge in [-0.2, -0.15) is 0 Å². The third-order valence-corrected chi connectivity index (χ3v) is 14.3. The first-order valence-electron chi connectivity index (χ1n) is 13.0. The van der Waals surface area contributed by atoms with Crippen molar-refractivity contribution < 1.29 is 4.58 Å². The summed E-state index contributed by atoms with van der Waals surface area (Å²) in [4.78, 5) is 2.27. The number of anilines is 1. The summed E-state index contributed by atoms with van der Waals surface area (Å²) < 4.78 is 2.27. The summed E-state index contributed by atoms with van der Waals surface area (Å²) in [5, 5.41) is 3.27. The predicted octanol–water partition coefficient (Wildman–Crippen LogP) is 5.88. The maximum Gasteiger partial charge on any atom is 0.199 e. The van der Waals surface area contributed by atoms with E-state index < -0.39 is 8.07 Å². The molecule has 0 spiro atoms. The summed E-state index contributed by atoms with van der Waals surface area (Å²) in [7, 11) is 6.63. The molecule has 1 aliphatic heterocycles. The van der Waals surface area contributed by atoms with Crippen molar-refractivity contribution in [3.63, 3.8) is 0 Å². The molecule has 3 aliphatic carbocycles. The van der Waals surface area contributed by atoms with Crippen LogP contribution in [0.2, 0.25) is 12.1 Å². The summed E-state index contributed by atoms with van der Waals surface area (Å²) in [6.45, 7) is 4.95. The zero-order chi connectivity index (χ0) is 24.5. The molecular weight excluding hydrogens is 440 g/mol. The molecule has 4 atom stereocenters. The molecule has 2 aromatic rings. The van der Waals surface area contributed by atoms with Crippen LogP contribution in [0.3, 0.4) is 0 Å². The van der Waals surface area contributed by atoms with E-state index in [2.05, 4.69) is 124 Å². The lowest BCUT2D eigenvalue weighted by Crippen LogP contribution is -2.56. The summed E-state index contributed by atoms with van der Waals surface area (Å²) in [6.07, 6.45) is 15.1. The Labute approximate surface area is 211 Å². The van der Waals surface area contributed by atoms with E-state index in [1.54, 1.807) is 10.4 Å². The van der Waals surface area contributed by atoms with E-state index in [0.29, 0.717) is 0 Å². The van der Waals surface area contributed by atoms with Crippen LogP contribution in [0.4, 0.5) is 5.69 Å². The topological polar surface area (TPSA) is 6.25 Å². The van der Waals surface area contributed by atoms with Crippen molar-refractivity contribution in [2.75, 3.05) is 33.1 Å². The molecule has 3 unspecified atom stereocenters. The maximum atomic E-state index is 2.69. The first-order chi connectivity index (χ1) is 16.8. The second-order valence-electron chi connectivity index (χ2n) is 11.5. The highest BCUT2D eigenvalue weighted by atomic mass is 28.3. The molecule has 1 heterocycles. The number of hydrogen-bond donors (Lipinski definition) is 0. The fourth-order valence-electron chi connectivity index (χ4n) is 7.19. The molecule has 0 saturated heterocycles. The molecule has 0 aromatic heterocycles. The number of hydrogen-bond acceptors (Lipinski definition) is 1. The fourth-order valence-corrected chi connectivity index (χ4v) is 12.6. The van der Waals surface area contributed by atoms with Crippen LogP contribution in [0.25, 0.3) is 5.57 Å². The molecule has 1 fully saturated rings. The van der Waals surface area contributed by atoms with Crippen molar-refractivity contribution in [2.45, 2.75) is 31.9 Å². The second-order valence-corrected chi connectivity index (χ2v) is 15.8. The quantitative estimate of drug-likeness (QED) is 0.304. The molecule has 178 valence electrons. The first-order valence-corrected chi connectivity index (χ1v) is 15.6. The van der Waals surface area contributed by atoms with Crippen LogP contribution >= 0.6 is 0 Å². The molecule has 2 nitrogen and oxygen atoms in total. The molecule has 1 saturated carbocycles.